The molecule has 17 heavy (non-hydrogen) atoms. The molecule has 90 valence electrons. The Kier molecular flexibility index (Phi) is 3.05. The molecule has 1 aromatic carbocycles. The van der Waals surface area contributed by atoms with Crippen LogP contribution in [0.3, 0.4) is 0 Å². The fraction of sp³-hybridized carbons (Fsp3) is 0.462. The molecule has 1 aliphatic carbocycles. The van der Waals surface area contributed by atoms with Crippen LogP contribution in [0.5, 0.6) is 0 Å². The number of thioether (sulfide) groups is 1. The van der Waals surface area contributed by atoms with Crippen LogP contribution >= 0.6 is 23.4 Å². The fourth-order valence-corrected chi connectivity index (χ4v) is 3.51. The van der Waals surface area contributed by atoms with Crippen molar-refractivity contribution in [3.63, 3.8) is 0 Å². The highest BCUT2D eigenvalue weighted by Gasteiger charge is 2.35. The van der Waals surface area contributed by atoms with Gasteiger partial charge in [-0.25, -0.2) is 0 Å². The van der Waals surface area contributed by atoms with E-state index in [9.17, 15) is 0 Å². The third kappa shape index (κ3) is 2.61. The van der Waals surface area contributed by atoms with E-state index in [0.29, 0.717) is 5.25 Å². The van der Waals surface area contributed by atoms with Gasteiger partial charge < -0.3 is 5.32 Å². The summed E-state index contributed by atoms with van der Waals surface area (Å²) in [5.74, 6) is 0.900. The van der Waals surface area contributed by atoms with E-state index >= 15 is 0 Å². The number of nitrogens with zero attached hydrogens (tertiary/aromatic N) is 1. The first-order valence-electron chi connectivity index (χ1n) is 5.96. The summed E-state index contributed by atoms with van der Waals surface area (Å²) in [4.78, 5) is 4.55. The molecule has 1 aliphatic heterocycles. The molecular formula is C13H15ClN2S. The van der Waals surface area contributed by atoms with Crippen molar-refractivity contribution in [2.45, 2.75) is 25.0 Å². The molecule has 1 unspecified atom stereocenters. The Hall–Kier alpha value is -0.670. The monoisotopic (exact) mass is 266 g/mol. The van der Waals surface area contributed by atoms with Crippen molar-refractivity contribution in [1.29, 1.82) is 0 Å². The molecule has 1 heterocycles. The Bertz CT molecular complexity index is 468. The minimum absolute atomic E-state index is 0.696. The molecule has 0 aromatic heterocycles. The lowest BCUT2D eigenvalue weighted by Gasteiger charge is -2.09. The molecule has 2 aliphatic rings. The van der Waals surface area contributed by atoms with E-state index in [1.54, 1.807) is 0 Å². The molecule has 1 N–H and O–H groups in total. The van der Waals surface area contributed by atoms with Gasteiger partial charge in [-0.3, -0.25) is 4.99 Å². The van der Waals surface area contributed by atoms with E-state index in [4.69, 9.17) is 11.6 Å². The maximum atomic E-state index is 6.19. The third-order valence-electron chi connectivity index (χ3n) is 3.19. The van der Waals surface area contributed by atoms with Crippen molar-refractivity contribution < 1.29 is 0 Å². The minimum atomic E-state index is 0.696. The number of rotatable bonds is 2. The van der Waals surface area contributed by atoms with Gasteiger partial charge in [-0.1, -0.05) is 29.4 Å². The number of halogens is 1. The Morgan fingerprint density at radius 2 is 2.24 bits per heavy atom. The van der Waals surface area contributed by atoms with Crippen LogP contribution in [0.25, 0.3) is 0 Å². The standard InChI is InChI=1S/C13H15ClN2S/c1-8-2-5-11(10(14)6-8)16-13-15-7-12(17-13)9-3-4-9/h2,5-6,9,12H,3-4,7H2,1H3,(H,15,16). The second-order valence-electron chi connectivity index (χ2n) is 4.75. The molecule has 0 spiro atoms. The van der Waals surface area contributed by atoms with Crippen LogP contribution in [-0.4, -0.2) is 17.0 Å². The van der Waals surface area contributed by atoms with Crippen molar-refractivity contribution in [3.05, 3.63) is 28.8 Å². The fourth-order valence-electron chi connectivity index (χ4n) is 2.01. The van der Waals surface area contributed by atoms with Gasteiger partial charge in [0.25, 0.3) is 0 Å². The average Bonchev–Trinajstić information content (AvgIpc) is 3.04. The first-order chi connectivity index (χ1) is 8.22. The van der Waals surface area contributed by atoms with E-state index < -0.39 is 0 Å². The minimum Gasteiger partial charge on any atom is -0.334 e. The van der Waals surface area contributed by atoms with E-state index in [1.807, 2.05) is 30.8 Å². The zero-order chi connectivity index (χ0) is 11.8. The molecule has 1 fully saturated rings. The van der Waals surface area contributed by atoms with E-state index in [1.165, 1.54) is 18.4 Å². The summed E-state index contributed by atoms with van der Waals surface area (Å²) in [5.41, 5.74) is 2.14. The number of anilines is 1. The number of benzene rings is 1. The smallest absolute Gasteiger partial charge is 0.161 e. The van der Waals surface area contributed by atoms with E-state index in [2.05, 4.69) is 16.4 Å². The largest absolute Gasteiger partial charge is 0.334 e. The summed E-state index contributed by atoms with van der Waals surface area (Å²) >= 11 is 8.06. The predicted octanol–water partition coefficient (Wildman–Crippen LogP) is 3.94. The lowest BCUT2D eigenvalue weighted by atomic mass is 10.2. The summed E-state index contributed by atoms with van der Waals surface area (Å²) in [6.45, 7) is 3.00. The molecule has 0 bridgehead atoms. The van der Waals surface area contributed by atoms with Crippen LogP contribution in [-0.2, 0) is 0 Å². The second-order valence-corrected chi connectivity index (χ2v) is 6.38. The molecule has 1 saturated carbocycles. The number of aryl methyl sites for hydroxylation is 1. The number of aliphatic imine (C=N–C) groups is 1. The molecular weight excluding hydrogens is 252 g/mol. The van der Waals surface area contributed by atoms with Crippen LogP contribution in [0, 0.1) is 12.8 Å². The average molecular weight is 267 g/mol. The Balaban J connectivity index is 1.66. The summed E-state index contributed by atoms with van der Waals surface area (Å²) in [7, 11) is 0. The van der Waals surface area contributed by atoms with Crippen molar-refractivity contribution in [2.24, 2.45) is 10.9 Å². The SMILES string of the molecule is Cc1ccc(NC2=NCC(C3CC3)S2)c(Cl)c1. The van der Waals surface area contributed by atoms with Crippen LogP contribution < -0.4 is 5.32 Å². The Labute approximate surface area is 111 Å². The normalized spacial score (nSPS) is 23.6. The van der Waals surface area contributed by atoms with Crippen LogP contribution in [0.2, 0.25) is 5.02 Å². The number of hydrogen-bond acceptors (Lipinski definition) is 3. The van der Waals surface area contributed by atoms with E-state index in [0.717, 1.165) is 28.3 Å². The number of amidine groups is 1. The lowest BCUT2D eigenvalue weighted by molar-refractivity contribution is 0.773. The van der Waals surface area contributed by atoms with Gasteiger partial charge in [-0.2, -0.15) is 0 Å². The molecule has 2 nitrogen and oxygen atoms in total. The highest BCUT2D eigenvalue weighted by Crippen LogP contribution is 2.42. The first kappa shape index (κ1) is 11.4. The third-order valence-corrected chi connectivity index (χ3v) is 4.80. The van der Waals surface area contributed by atoms with Crippen molar-refractivity contribution >= 4 is 34.2 Å². The lowest BCUT2D eigenvalue weighted by Crippen LogP contribution is -2.09. The summed E-state index contributed by atoms with van der Waals surface area (Å²) in [5, 5.41) is 5.81. The van der Waals surface area contributed by atoms with Gasteiger partial charge >= 0.3 is 0 Å². The summed E-state index contributed by atoms with van der Waals surface area (Å²) < 4.78 is 0. The summed E-state index contributed by atoms with van der Waals surface area (Å²) in [6.07, 6.45) is 2.76. The zero-order valence-corrected chi connectivity index (χ0v) is 11.3. The van der Waals surface area contributed by atoms with E-state index in [-0.39, 0.29) is 0 Å². The van der Waals surface area contributed by atoms with Crippen LogP contribution in [0.1, 0.15) is 18.4 Å². The van der Waals surface area contributed by atoms with Crippen molar-refractivity contribution in [3.8, 4) is 0 Å². The number of hydrogen-bond donors (Lipinski definition) is 1. The zero-order valence-electron chi connectivity index (χ0n) is 9.74. The molecule has 1 aromatic rings. The Morgan fingerprint density at radius 3 is 2.94 bits per heavy atom. The van der Waals surface area contributed by atoms with Gasteiger partial charge in [0.15, 0.2) is 5.17 Å². The van der Waals surface area contributed by atoms with Crippen LogP contribution in [0.4, 0.5) is 5.69 Å². The molecule has 3 rings (SSSR count). The topological polar surface area (TPSA) is 24.4 Å². The number of nitrogens with one attached hydrogen (secondary N) is 1. The maximum Gasteiger partial charge on any atom is 0.161 e. The maximum absolute atomic E-state index is 6.19. The summed E-state index contributed by atoms with van der Waals surface area (Å²) in [6, 6.07) is 6.06. The van der Waals surface area contributed by atoms with Gasteiger partial charge in [0.1, 0.15) is 0 Å². The molecule has 0 amide bonds. The first-order valence-corrected chi connectivity index (χ1v) is 7.22. The van der Waals surface area contributed by atoms with Gasteiger partial charge in [0, 0.05) is 5.25 Å². The second kappa shape index (κ2) is 4.54. The quantitative estimate of drug-likeness (QED) is 0.877. The van der Waals surface area contributed by atoms with Gasteiger partial charge in [0.05, 0.1) is 17.3 Å². The van der Waals surface area contributed by atoms with Crippen molar-refractivity contribution in [1.82, 2.24) is 0 Å². The Morgan fingerprint density at radius 1 is 1.41 bits per heavy atom. The van der Waals surface area contributed by atoms with Crippen LogP contribution in [0.15, 0.2) is 23.2 Å². The van der Waals surface area contributed by atoms with Crippen molar-refractivity contribution in [2.75, 3.05) is 11.9 Å². The molecule has 0 radical (unpaired) electrons. The predicted molar refractivity (Wildman–Crippen MR) is 76.2 cm³/mol. The molecule has 4 heteroatoms. The molecule has 0 saturated heterocycles. The van der Waals surface area contributed by atoms with Gasteiger partial charge in [-0.15, -0.1) is 0 Å². The molecule has 1 atom stereocenters. The van der Waals surface area contributed by atoms with Gasteiger partial charge in [0.2, 0.25) is 0 Å². The highest BCUT2D eigenvalue weighted by molar-refractivity contribution is 8.15. The highest BCUT2D eigenvalue weighted by atomic mass is 35.5. The van der Waals surface area contributed by atoms with Gasteiger partial charge in [-0.05, 0) is 43.4 Å².